The summed E-state index contributed by atoms with van der Waals surface area (Å²) >= 11 is 0. The van der Waals surface area contributed by atoms with Gasteiger partial charge in [0.25, 0.3) is 0 Å². The quantitative estimate of drug-likeness (QED) is 0.512. The van der Waals surface area contributed by atoms with E-state index in [2.05, 4.69) is 0 Å². The highest BCUT2D eigenvalue weighted by Crippen LogP contribution is 2.35. The molecule has 4 aromatic rings. The average molecular weight is 384 g/mol. The summed E-state index contributed by atoms with van der Waals surface area (Å²) in [5, 5.41) is 14.9. The molecule has 0 aliphatic rings. The topological polar surface area (TPSA) is 64.4 Å². The average Bonchev–Trinajstić information content (AvgIpc) is 3.15. The van der Waals surface area contributed by atoms with E-state index in [4.69, 9.17) is 9.84 Å². The van der Waals surface area contributed by atoms with Crippen molar-refractivity contribution in [2.75, 3.05) is 7.11 Å². The van der Waals surface area contributed by atoms with Gasteiger partial charge in [0.2, 0.25) is 0 Å². The number of carboxylic acids is 1. The molecule has 3 aromatic carbocycles. The molecule has 0 bridgehead atoms. The Labute approximate surface area is 168 Å². The zero-order valence-electron chi connectivity index (χ0n) is 16.2. The summed E-state index contributed by atoms with van der Waals surface area (Å²) in [7, 11) is 1.58. The molecule has 0 saturated carbocycles. The van der Waals surface area contributed by atoms with Crippen molar-refractivity contribution in [1.82, 2.24) is 9.78 Å². The Balaban J connectivity index is 2.06. The van der Waals surface area contributed by atoms with Crippen molar-refractivity contribution < 1.29 is 14.6 Å². The fourth-order valence-corrected chi connectivity index (χ4v) is 3.40. The molecule has 1 aromatic heterocycles. The Hall–Kier alpha value is -3.86. The molecule has 0 aliphatic carbocycles. The Morgan fingerprint density at radius 3 is 2.34 bits per heavy atom. The largest absolute Gasteiger partial charge is 0.497 e. The zero-order chi connectivity index (χ0) is 20.4. The lowest BCUT2D eigenvalue weighted by Gasteiger charge is -2.09. The third-order valence-electron chi connectivity index (χ3n) is 4.74. The minimum atomic E-state index is -1.03. The van der Waals surface area contributed by atoms with E-state index in [-0.39, 0.29) is 5.56 Å². The van der Waals surface area contributed by atoms with Crippen molar-refractivity contribution in [1.29, 1.82) is 0 Å². The van der Waals surface area contributed by atoms with Crippen LogP contribution in [0.1, 0.15) is 15.9 Å². The lowest BCUT2D eigenvalue weighted by Crippen LogP contribution is -2.03. The van der Waals surface area contributed by atoms with Crippen LogP contribution in [0, 0.1) is 6.92 Å². The van der Waals surface area contributed by atoms with E-state index in [1.807, 2.05) is 79.7 Å². The third kappa shape index (κ3) is 3.50. The number of carboxylic acid groups (broad SMARTS) is 1. The summed E-state index contributed by atoms with van der Waals surface area (Å²) < 4.78 is 7.03. The molecule has 0 aliphatic heterocycles. The van der Waals surface area contributed by atoms with Crippen molar-refractivity contribution in [2.24, 2.45) is 0 Å². The van der Waals surface area contributed by atoms with Gasteiger partial charge in [0.05, 0.1) is 18.5 Å². The number of aromatic nitrogens is 2. The highest BCUT2D eigenvalue weighted by atomic mass is 16.5. The van der Waals surface area contributed by atoms with Crippen LogP contribution < -0.4 is 4.74 Å². The van der Waals surface area contributed by atoms with E-state index in [0.29, 0.717) is 22.7 Å². The molecule has 1 N–H and O–H groups in total. The molecule has 0 radical (unpaired) electrons. The fraction of sp³-hybridized carbons (Fsp3) is 0.0833. The number of hydrogen-bond acceptors (Lipinski definition) is 3. The van der Waals surface area contributed by atoms with Crippen molar-refractivity contribution in [2.45, 2.75) is 6.92 Å². The van der Waals surface area contributed by atoms with Crippen LogP contribution in [0.4, 0.5) is 0 Å². The molecule has 0 fully saturated rings. The monoisotopic (exact) mass is 384 g/mol. The van der Waals surface area contributed by atoms with Crippen molar-refractivity contribution in [3.05, 3.63) is 90.0 Å². The normalized spacial score (nSPS) is 10.7. The maximum Gasteiger partial charge on any atom is 0.340 e. The SMILES string of the molecule is COc1cccc(-c2nn(-c3cccc(C)c3)c(-c3ccccc3)c2C(=O)O)c1. The van der Waals surface area contributed by atoms with Crippen LogP contribution in [-0.4, -0.2) is 28.0 Å². The van der Waals surface area contributed by atoms with Crippen molar-refractivity contribution in [3.8, 4) is 34.0 Å². The van der Waals surface area contributed by atoms with E-state index < -0.39 is 5.97 Å². The fourth-order valence-electron chi connectivity index (χ4n) is 3.40. The Morgan fingerprint density at radius 2 is 1.66 bits per heavy atom. The Bertz CT molecular complexity index is 1180. The minimum Gasteiger partial charge on any atom is -0.497 e. The Kier molecular flexibility index (Phi) is 4.87. The van der Waals surface area contributed by atoms with Crippen LogP contribution in [0.15, 0.2) is 78.9 Å². The number of rotatable bonds is 5. The van der Waals surface area contributed by atoms with Crippen LogP contribution in [0.3, 0.4) is 0 Å². The van der Waals surface area contributed by atoms with Gasteiger partial charge in [0, 0.05) is 11.1 Å². The molecule has 0 saturated heterocycles. The molecule has 0 atom stereocenters. The van der Waals surface area contributed by atoms with Gasteiger partial charge in [-0.2, -0.15) is 5.10 Å². The molecule has 0 spiro atoms. The maximum absolute atomic E-state index is 12.4. The number of nitrogens with zero attached hydrogens (tertiary/aromatic N) is 2. The molecule has 4 rings (SSSR count). The number of carbonyl (C=O) groups is 1. The number of ether oxygens (including phenoxy) is 1. The lowest BCUT2D eigenvalue weighted by molar-refractivity contribution is 0.0698. The molecular weight excluding hydrogens is 364 g/mol. The minimum absolute atomic E-state index is 0.158. The molecule has 5 heteroatoms. The third-order valence-corrected chi connectivity index (χ3v) is 4.74. The first-order valence-corrected chi connectivity index (χ1v) is 9.21. The van der Waals surface area contributed by atoms with Gasteiger partial charge in [-0.1, -0.05) is 54.6 Å². The summed E-state index contributed by atoms with van der Waals surface area (Å²) in [5.74, 6) is -0.384. The Morgan fingerprint density at radius 1 is 0.931 bits per heavy atom. The molecular formula is C24H20N2O3. The van der Waals surface area contributed by atoms with Gasteiger partial charge in [-0.3, -0.25) is 0 Å². The number of aryl methyl sites for hydroxylation is 1. The molecule has 1 heterocycles. The summed E-state index contributed by atoms with van der Waals surface area (Å²) in [6.07, 6.45) is 0. The second-order valence-electron chi connectivity index (χ2n) is 6.73. The second-order valence-corrected chi connectivity index (χ2v) is 6.73. The highest BCUT2D eigenvalue weighted by molar-refractivity contribution is 6.02. The van der Waals surface area contributed by atoms with E-state index in [0.717, 1.165) is 16.8 Å². The first-order chi connectivity index (χ1) is 14.1. The molecule has 0 unspecified atom stereocenters. The lowest BCUT2D eigenvalue weighted by atomic mass is 10.0. The van der Waals surface area contributed by atoms with Crippen LogP contribution in [0.25, 0.3) is 28.2 Å². The zero-order valence-corrected chi connectivity index (χ0v) is 16.2. The summed E-state index contributed by atoms with van der Waals surface area (Å²) in [5.41, 5.74) is 4.44. The molecule has 29 heavy (non-hydrogen) atoms. The standard InChI is InChI=1S/C24H20N2O3/c1-16-8-6-12-19(14-16)26-23(17-9-4-3-5-10-17)21(24(27)28)22(25-26)18-11-7-13-20(15-18)29-2/h3-15H,1-2H3,(H,27,28). The first kappa shape index (κ1) is 18.5. The molecule has 0 amide bonds. The van der Waals surface area contributed by atoms with E-state index in [1.54, 1.807) is 17.9 Å². The van der Waals surface area contributed by atoms with Gasteiger partial charge in [0.1, 0.15) is 17.0 Å². The van der Waals surface area contributed by atoms with Gasteiger partial charge in [0.15, 0.2) is 0 Å². The van der Waals surface area contributed by atoms with Gasteiger partial charge < -0.3 is 9.84 Å². The molecule has 144 valence electrons. The summed E-state index contributed by atoms with van der Waals surface area (Å²) in [6, 6.07) is 24.6. The maximum atomic E-state index is 12.4. The van der Waals surface area contributed by atoms with Gasteiger partial charge >= 0.3 is 5.97 Å². The summed E-state index contributed by atoms with van der Waals surface area (Å²) in [6.45, 7) is 2.00. The second kappa shape index (κ2) is 7.64. The highest BCUT2D eigenvalue weighted by Gasteiger charge is 2.26. The van der Waals surface area contributed by atoms with Crippen LogP contribution in [-0.2, 0) is 0 Å². The van der Waals surface area contributed by atoms with Crippen LogP contribution >= 0.6 is 0 Å². The first-order valence-electron chi connectivity index (χ1n) is 9.21. The van der Waals surface area contributed by atoms with Crippen LogP contribution in [0.2, 0.25) is 0 Å². The van der Waals surface area contributed by atoms with Crippen molar-refractivity contribution >= 4 is 5.97 Å². The van der Waals surface area contributed by atoms with E-state index >= 15 is 0 Å². The molecule has 5 nitrogen and oxygen atoms in total. The van der Waals surface area contributed by atoms with Gasteiger partial charge in [-0.25, -0.2) is 9.48 Å². The predicted octanol–water partition coefficient (Wildman–Crippen LogP) is 5.22. The van der Waals surface area contributed by atoms with Gasteiger partial charge in [-0.05, 0) is 36.8 Å². The van der Waals surface area contributed by atoms with Crippen LogP contribution in [0.5, 0.6) is 5.75 Å². The predicted molar refractivity (Wildman–Crippen MR) is 113 cm³/mol. The number of methoxy groups -OCH3 is 1. The number of hydrogen-bond donors (Lipinski definition) is 1. The van der Waals surface area contributed by atoms with E-state index in [1.165, 1.54) is 0 Å². The summed E-state index contributed by atoms with van der Waals surface area (Å²) in [4.78, 5) is 12.4. The van der Waals surface area contributed by atoms with E-state index in [9.17, 15) is 9.90 Å². The van der Waals surface area contributed by atoms with Crippen molar-refractivity contribution in [3.63, 3.8) is 0 Å². The van der Waals surface area contributed by atoms with Gasteiger partial charge in [-0.15, -0.1) is 0 Å². The smallest absolute Gasteiger partial charge is 0.340 e. The number of aromatic carboxylic acids is 1. The number of benzene rings is 3.